The second-order valence-electron chi connectivity index (χ2n) is 10.7. The Morgan fingerprint density at radius 1 is 1.00 bits per heavy atom. The van der Waals surface area contributed by atoms with Crippen LogP contribution in [0.5, 0.6) is 6.01 Å². The van der Waals surface area contributed by atoms with Crippen LogP contribution < -0.4 is 15.0 Å². The van der Waals surface area contributed by atoms with Crippen molar-refractivity contribution in [2.75, 3.05) is 43.0 Å². The lowest BCUT2D eigenvalue weighted by atomic mass is 9.52. The highest BCUT2D eigenvalue weighted by atomic mass is 19.4. The molecule has 184 valence electrons. The van der Waals surface area contributed by atoms with E-state index in [1.807, 2.05) is 13.8 Å². The fourth-order valence-corrected chi connectivity index (χ4v) is 6.92. The number of ether oxygens (including phenoxy) is 1. The number of alkyl halides is 3. The number of hydrogen-bond acceptors (Lipinski definition) is 7. The van der Waals surface area contributed by atoms with Crippen molar-refractivity contribution in [3.8, 4) is 6.01 Å². The third-order valence-electron chi connectivity index (χ3n) is 8.20. The Bertz CT molecular complexity index is 807. The van der Waals surface area contributed by atoms with E-state index in [4.69, 9.17) is 4.74 Å². The average Bonchev–Trinajstić information content (AvgIpc) is 2.76. The molecule has 2 heterocycles. The molecule has 0 amide bonds. The van der Waals surface area contributed by atoms with Crippen molar-refractivity contribution in [3.05, 3.63) is 0 Å². The fourth-order valence-electron chi connectivity index (χ4n) is 6.92. The Kier molecular flexibility index (Phi) is 6.07. The smallest absolute Gasteiger partial charge is 0.422 e. The lowest BCUT2D eigenvalue weighted by Gasteiger charge is -2.61. The first kappa shape index (κ1) is 22.9. The molecular weight excluding hydrogens is 433 g/mol. The van der Waals surface area contributed by atoms with Crippen molar-refractivity contribution in [2.24, 2.45) is 17.8 Å². The molecule has 1 N–H and O–H groups in total. The van der Waals surface area contributed by atoms with E-state index in [1.54, 1.807) is 0 Å². The van der Waals surface area contributed by atoms with Crippen LogP contribution in [0.3, 0.4) is 0 Å². The molecular formula is C23H35F3N6O. The number of halogens is 3. The number of nitrogens with zero attached hydrogens (tertiary/aromatic N) is 5. The van der Waals surface area contributed by atoms with Gasteiger partial charge in [0.25, 0.3) is 0 Å². The number of nitrogens with one attached hydrogen (secondary N) is 1. The first-order chi connectivity index (χ1) is 15.7. The van der Waals surface area contributed by atoms with Gasteiger partial charge in [-0.25, -0.2) is 0 Å². The predicted molar refractivity (Wildman–Crippen MR) is 119 cm³/mol. The topological polar surface area (TPSA) is 66.4 Å². The number of anilines is 2. The highest BCUT2D eigenvalue weighted by Gasteiger charge is 2.53. The maximum absolute atomic E-state index is 12.7. The summed E-state index contributed by atoms with van der Waals surface area (Å²) in [6.45, 7) is 5.96. The lowest BCUT2D eigenvalue weighted by Crippen LogP contribution is -2.64. The monoisotopic (exact) mass is 468 g/mol. The van der Waals surface area contributed by atoms with Crippen LogP contribution >= 0.6 is 0 Å². The zero-order chi connectivity index (χ0) is 23.2. The molecule has 1 aliphatic heterocycles. The second-order valence-corrected chi connectivity index (χ2v) is 10.7. The van der Waals surface area contributed by atoms with Crippen LogP contribution in [0.4, 0.5) is 25.1 Å². The van der Waals surface area contributed by atoms with E-state index >= 15 is 0 Å². The van der Waals surface area contributed by atoms with Crippen molar-refractivity contribution in [1.82, 2.24) is 19.9 Å². The molecule has 1 saturated heterocycles. The van der Waals surface area contributed by atoms with Gasteiger partial charge >= 0.3 is 12.2 Å². The van der Waals surface area contributed by atoms with Crippen molar-refractivity contribution in [1.29, 1.82) is 0 Å². The van der Waals surface area contributed by atoms with Crippen LogP contribution in [0.1, 0.15) is 58.8 Å². The highest BCUT2D eigenvalue weighted by Crippen LogP contribution is 2.57. The summed E-state index contributed by atoms with van der Waals surface area (Å²) in [6.07, 6.45) is 4.68. The summed E-state index contributed by atoms with van der Waals surface area (Å²) < 4.78 is 42.9. The van der Waals surface area contributed by atoms with Gasteiger partial charge < -0.3 is 15.0 Å². The standard InChI is InChI=1S/C23H35F3N6O/c1-3-15(2)27-19-28-20(30-21(29-19)33-14-23(24,25)26)31-4-6-32(7-5-31)22-11-16-8-17(12-22)10-18(9-16)13-22/h15-18H,3-14H2,1-2H3,(H,27,28,29,30). The van der Waals surface area contributed by atoms with E-state index in [1.165, 1.54) is 38.5 Å². The molecule has 4 bridgehead atoms. The summed E-state index contributed by atoms with van der Waals surface area (Å²) in [4.78, 5) is 17.6. The number of hydrogen-bond donors (Lipinski definition) is 1. The van der Waals surface area contributed by atoms with Crippen LogP contribution in [-0.2, 0) is 0 Å². The van der Waals surface area contributed by atoms with Gasteiger partial charge in [0.2, 0.25) is 11.9 Å². The minimum atomic E-state index is -4.44. The molecule has 5 fully saturated rings. The van der Waals surface area contributed by atoms with Crippen LogP contribution in [0.25, 0.3) is 0 Å². The zero-order valence-electron chi connectivity index (χ0n) is 19.6. The molecule has 1 unspecified atom stereocenters. The lowest BCUT2D eigenvalue weighted by molar-refractivity contribution is -0.154. The molecule has 1 aromatic rings. The maximum Gasteiger partial charge on any atom is 0.422 e. The molecule has 6 rings (SSSR count). The molecule has 0 radical (unpaired) electrons. The van der Waals surface area contributed by atoms with E-state index in [9.17, 15) is 13.2 Å². The van der Waals surface area contributed by atoms with Gasteiger partial charge in [-0.2, -0.15) is 28.1 Å². The average molecular weight is 469 g/mol. The predicted octanol–water partition coefficient (Wildman–Crippen LogP) is 4.11. The molecule has 0 aromatic carbocycles. The van der Waals surface area contributed by atoms with Crippen molar-refractivity contribution in [3.63, 3.8) is 0 Å². The molecule has 1 atom stereocenters. The summed E-state index contributed by atoms with van der Waals surface area (Å²) in [5.41, 5.74) is 0.365. The molecule has 7 nitrogen and oxygen atoms in total. The van der Waals surface area contributed by atoms with E-state index in [0.29, 0.717) is 11.5 Å². The minimum Gasteiger partial charge on any atom is -0.454 e. The van der Waals surface area contributed by atoms with E-state index in [2.05, 4.69) is 30.1 Å². The SMILES string of the molecule is CCC(C)Nc1nc(OCC(F)(F)F)nc(N2CCN(C34CC5CC(CC(C5)C3)C4)CC2)n1. The first-order valence-electron chi connectivity index (χ1n) is 12.4. The molecule has 5 aliphatic rings. The molecule has 4 saturated carbocycles. The zero-order valence-corrected chi connectivity index (χ0v) is 19.6. The van der Waals surface area contributed by atoms with E-state index in [-0.39, 0.29) is 18.0 Å². The Labute approximate surface area is 193 Å². The van der Waals surface area contributed by atoms with Gasteiger partial charge in [0.05, 0.1) is 0 Å². The third kappa shape index (κ3) is 5.00. The summed E-state index contributed by atoms with van der Waals surface area (Å²) in [5, 5.41) is 3.15. The van der Waals surface area contributed by atoms with Gasteiger partial charge in [0.1, 0.15) is 0 Å². The molecule has 4 aliphatic carbocycles. The van der Waals surface area contributed by atoms with Gasteiger partial charge in [-0.1, -0.05) is 6.92 Å². The Hall–Kier alpha value is -1.84. The van der Waals surface area contributed by atoms with Crippen LogP contribution in [0.15, 0.2) is 0 Å². The summed E-state index contributed by atoms with van der Waals surface area (Å²) >= 11 is 0. The summed E-state index contributed by atoms with van der Waals surface area (Å²) in [5.74, 6) is 3.36. The van der Waals surface area contributed by atoms with E-state index in [0.717, 1.165) is 50.4 Å². The third-order valence-corrected chi connectivity index (χ3v) is 8.20. The molecule has 33 heavy (non-hydrogen) atoms. The summed E-state index contributed by atoms with van der Waals surface area (Å²) in [6, 6.07) is -0.199. The van der Waals surface area contributed by atoms with E-state index < -0.39 is 12.8 Å². The first-order valence-corrected chi connectivity index (χ1v) is 12.4. The Morgan fingerprint density at radius 3 is 2.15 bits per heavy atom. The van der Waals surface area contributed by atoms with Gasteiger partial charge in [-0.15, -0.1) is 0 Å². The number of piperazine rings is 1. The van der Waals surface area contributed by atoms with Crippen molar-refractivity contribution >= 4 is 11.9 Å². The minimum absolute atomic E-state index is 0.0867. The summed E-state index contributed by atoms with van der Waals surface area (Å²) in [7, 11) is 0. The Balaban J connectivity index is 1.28. The van der Waals surface area contributed by atoms with Gasteiger partial charge in [0, 0.05) is 37.8 Å². The number of rotatable bonds is 7. The normalized spacial score (nSPS) is 32.8. The molecule has 1 aromatic heterocycles. The molecule has 10 heteroatoms. The number of aromatic nitrogens is 3. The van der Waals surface area contributed by atoms with Crippen molar-refractivity contribution < 1.29 is 17.9 Å². The van der Waals surface area contributed by atoms with Gasteiger partial charge in [-0.3, -0.25) is 4.90 Å². The Morgan fingerprint density at radius 2 is 1.61 bits per heavy atom. The van der Waals surface area contributed by atoms with Gasteiger partial charge in [-0.05, 0) is 69.6 Å². The maximum atomic E-state index is 12.7. The van der Waals surface area contributed by atoms with Crippen molar-refractivity contribution in [2.45, 2.75) is 76.6 Å². The van der Waals surface area contributed by atoms with Crippen LogP contribution in [-0.4, -0.2) is 70.4 Å². The fraction of sp³-hybridized carbons (Fsp3) is 0.870. The molecule has 0 spiro atoms. The van der Waals surface area contributed by atoms with Crippen LogP contribution in [0, 0.1) is 17.8 Å². The highest BCUT2D eigenvalue weighted by molar-refractivity contribution is 5.39. The largest absolute Gasteiger partial charge is 0.454 e. The van der Waals surface area contributed by atoms with Gasteiger partial charge in [0.15, 0.2) is 6.61 Å². The second kappa shape index (κ2) is 8.74. The van der Waals surface area contributed by atoms with Crippen LogP contribution in [0.2, 0.25) is 0 Å². The quantitative estimate of drug-likeness (QED) is 0.646.